The van der Waals surface area contributed by atoms with Gasteiger partial charge in [-0.1, -0.05) is 12.1 Å². The molecule has 0 bridgehead atoms. The quantitative estimate of drug-likeness (QED) is 0.607. The Morgan fingerprint density at radius 3 is 2.60 bits per heavy atom. The van der Waals surface area contributed by atoms with E-state index in [4.69, 9.17) is 0 Å². The van der Waals surface area contributed by atoms with Crippen molar-refractivity contribution in [2.45, 2.75) is 6.92 Å². The molecule has 0 spiro atoms. The Morgan fingerprint density at radius 2 is 1.87 bits per heavy atom. The lowest BCUT2D eigenvalue weighted by Gasteiger charge is -1.85. The SMILES string of the molecule is Cc1ccc(-c2nc3ccccc3s2)s1. The van der Waals surface area contributed by atoms with E-state index in [1.807, 2.05) is 6.07 Å². The molecule has 1 nitrogen and oxygen atoms in total. The summed E-state index contributed by atoms with van der Waals surface area (Å²) in [6, 6.07) is 12.6. The minimum absolute atomic E-state index is 1.10. The second-order valence-electron chi connectivity index (χ2n) is 3.40. The van der Waals surface area contributed by atoms with Gasteiger partial charge in [-0.2, -0.15) is 0 Å². The number of hydrogen-bond acceptors (Lipinski definition) is 3. The van der Waals surface area contributed by atoms with Crippen molar-refractivity contribution in [1.29, 1.82) is 0 Å². The number of fused-ring (bicyclic) bond motifs is 1. The maximum absolute atomic E-state index is 4.63. The maximum Gasteiger partial charge on any atom is 0.134 e. The summed E-state index contributed by atoms with van der Waals surface area (Å²) in [5, 5.41) is 1.13. The molecule has 0 aliphatic rings. The lowest BCUT2D eigenvalue weighted by molar-refractivity contribution is 1.50. The molecule has 3 rings (SSSR count). The lowest BCUT2D eigenvalue weighted by Crippen LogP contribution is -1.67. The third-order valence-corrected chi connectivity index (χ3v) is 4.45. The third kappa shape index (κ3) is 1.58. The third-order valence-electron chi connectivity index (χ3n) is 2.25. The summed E-state index contributed by atoms with van der Waals surface area (Å²) in [6.45, 7) is 2.13. The summed E-state index contributed by atoms with van der Waals surface area (Å²) >= 11 is 3.57. The van der Waals surface area contributed by atoms with Gasteiger partial charge in [0, 0.05) is 4.88 Å². The maximum atomic E-state index is 4.63. The zero-order chi connectivity index (χ0) is 10.3. The predicted octanol–water partition coefficient (Wildman–Crippen LogP) is 4.33. The molecule has 0 saturated heterocycles. The van der Waals surface area contributed by atoms with Crippen molar-refractivity contribution in [3.8, 4) is 9.88 Å². The van der Waals surface area contributed by atoms with E-state index in [1.165, 1.54) is 14.5 Å². The van der Waals surface area contributed by atoms with Gasteiger partial charge in [0.1, 0.15) is 5.01 Å². The smallest absolute Gasteiger partial charge is 0.134 e. The minimum atomic E-state index is 1.10. The van der Waals surface area contributed by atoms with E-state index in [0.717, 1.165) is 10.5 Å². The number of thiazole rings is 1. The van der Waals surface area contributed by atoms with Crippen molar-refractivity contribution in [1.82, 2.24) is 4.98 Å². The van der Waals surface area contributed by atoms with Crippen LogP contribution >= 0.6 is 22.7 Å². The van der Waals surface area contributed by atoms with E-state index in [-0.39, 0.29) is 0 Å². The number of aryl methyl sites for hydroxylation is 1. The van der Waals surface area contributed by atoms with E-state index >= 15 is 0 Å². The van der Waals surface area contributed by atoms with Gasteiger partial charge in [-0.3, -0.25) is 0 Å². The standard InChI is InChI=1S/C12H9NS2/c1-8-6-7-11(14-8)12-13-9-4-2-3-5-10(9)15-12/h2-7H,1H3. The molecule has 3 heteroatoms. The first-order chi connectivity index (χ1) is 7.33. The molecule has 2 heterocycles. The van der Waals surface area contributed by atoms with E-state index in [9.17, 15) is 0 Å². The molecular weight excluding hydrogens is 222 g/mol. The van der Waals surface area contributed by atoms with Gasteiger partial charge in [-0.25, -0.2) is 4.98 Å². The van der Waals surface area contributed by atoms with Crippen LogP contribution in [0.5, 0.6) is 0 Å². The van der Waals surface area contributed by atoms with Crippen molar-refractivity contribution < 1.29 is 0 Å². The van der Waals surface area contributed by atoms with Crippen molar-refractivity contribution in [3.63, 3.8) is 0 Å². The topological polar surface area (TPSA) is 12.9 Å². The fraction of sp³-hybridized carbons (Fsp3) is 0.0833. The van der Waals surface area contributed by atoms with Crippen LogP contribution in [0.4, 0.5) is 0 Å². The molecular formula is C12H9NS2. The Morgan fingerprint density at radius 1 is 1.00 bits per heavy atom. The van der Waals surface area contributed by atoms with Gasteiger partial charge in [-0.15, -0.1) is 22.7 Å². The number of rotatable bonds is 1. The highest BCUT2D eigenvalue weighted by Gasteiger charge is 2.06. The van der Waals surface area contributed by atoms with E-state index in [2.05, 4.69) is 42.2 Å². The Labute approximate surface area is 96.0 Å². The van der Waals surface area contributed by atoms with Crippen LogP contribution in [0.3, 0.4) is 0 Å². The molecule has 0 aliphatic heterocycles. The number of thiophene rings is 1. The number of hydrogen-bond donors (Lipinski definition) is 0. The molecule has 1 aromatic carbocycles. The highest BCUT2D eigenvalue weighted by Crippen LogP contribution is 2.33. The number of aromatic nitrogens is 1. The van der Waals surface area contributed by atoms with Gasteiger partial charge < -0.3 is 0 Å². The minimum Gasteiger partial charge on any atom is -0.235 e. The van der Waals surface area contributed by atoms with Crippen molar-refractivity contribution >= 4 is 32.9 Å². The van der Waals surface area contributed by atoms with Crippen molar-refractivity contribution in [2.75, 3.05) is 0 Å². The van der Waals surface area contributed by atoms with Crippen LogP contribution < -0.4 is 0 Å². The summed E-state index contributed by atoms with van der Waals surface area (Å²) in [7, 11) is 0. The Balaban J connectivity index is 2.19. The van der Waals surface area contributed by atoms with Gasteiger partial charge in [-0.05, 0) is 31.2 Å². The highest BCUT2D eigenvalue weighted by molar-refractivity contribution is 7.25. The fourth-order valence-electron chi connectivity index (χ4n) is 1.53. The zero-order valence-corrected chi connectivity index (χ0v) is 9.86. The van der Waals surface area contributed by atoms with Crippen LogP contribution in [-0.2, 0) is 0 Å². The number of para-hydroxylation sites is 1. The molecule has 0 saturated carbocycles. The molecule has 0 N–H and O–H groups in total. The molecule has 3 aromatic rings. The van der Waals surface area contributed by atoms with Gasteiger partial charge in [0.05, 0.1) is 15.1 Å². The van der Waals surface area contributed by atoms with Gasteiger partial charge in [0.2, 0.25) is 0 Å². The number of benzene rings is 1. The average Bonchev–Trinajstić information content (AvgIpc) is 2.82. The Hall–Kier alpha value is -1.19. The van der Waals surface area contributed by atoms with Crippen LogP contribution in [0.1, 0.15) is 4.88 Å². The summed E-state index contributed by atoms with van der Waals surface area (Å²) < 4.78 is 1.26. The van der Waals surface area contributed by atoms with Gasteiger partial charge >= 0.3 is 0 Å². The normalized spacial score (nSPS) is 11.0. The fourth-order valence-corrected chi connectivity index (χ4v) is 3.41. The van der Waals surface area contributed by atoms with E-state index in [1.54, 1.807) is 22.7 Å². The van der Waals surface area contributed by atoms with Gasteiger partial charge in [0.15, 0.2) is 0 Å². The summed E-state index contributed by atoms with van der Waals surface area (Å²) in [4.78, 5) is 7.23. The number of nitrogens with zero attached hydrogens (tertiary/aromatic N) is 1. The largest absolute Gasteiger partial charge is 0.235 e. The first-order valence-electron chi connectivity index (χ1n) is 4.75. The van der Waals surface area contributed by atoms with Crippen LogP contribution in [0, 0.1) is 6.92 Å². The zero-order valence-electron chi connectivity index (χ0n) is 8.23. The van der Waals surface area contributed by atoms with Gasteiger partial charge in [0.25, 0.3) is 0 Å². The molecule has 0 aliphatic carbocycles. The van der Waals surface area contributed by atoms with E-state index < -0.39 is 0 Å². The Kier molecular flexibility index (Phi) is 2.08. The predicted molar refractivity (Wildman–Crippen MR) is 67.7 cm³/mol. The second-order valence-corrected chi connectivity index (χ2v) is 5.72. The van der Waals surface area contributed by atoms with Crippen molar-refractivity contribution in [2.24, 2.45) is 0 Å². The second kappa shape index (κ2) is 3.43. The molecule has 0 atom stereocenters. The summed E-state index contributed by atoms with van der Waals surface area (Å²) in [6.07, 6.45) is 0. The molecule has 0 fully saturated rings. The molecule has 2 aromatic heterocycles. The summed E-state index contributed by atoms with van der Waals surface area (Å²) in [5.74, 6) is 0. The van der Waals surface area contributed by atoms with Crippen LogP contribution in [0.25, 0.3) is 20.1 Å². The van der Waals surface area contributed by atoms with Crippen LogP contribution in [0.2, 0.25) is 0 Å². The monoisotopic (exact) mass is 231 g/mol. The first-order valence-corrected chi connectivity index (χ1v) is 6.38. The van der Waals surface area contributed by atoms with E-state index in [0.29, 0.717) is 0 Å². The Bertz CT molecular complexity index is 574. The highest BCUT2D eigenvalue weighted by atomic mass is 32.1. The van der Waals surface area contributed by atoms with Crippen molar-refractivity contribution in [3.05, 3.63) is 41.3 Å². The summed E-state index contributed by atoms with van der Waals surface area (Å²) in [5.41, 5.74) is 1.10. The molecule has 0 unspecified atom stereocenters. The molecule has 15 heavy (non-hydrogen) atoms. The van der Waals surface area contributed by atoms with Crippen LogP contribution in [0.15, 0.2) is 36.4 Å². The van der Waals surface area contributed by atoms with Crippen LogP contribution in [-0.4, -0.2) is 4.98 Å². The molecule has 0 amide bonds. The molecule has 74 valence electrons. The lowest BCUT2D eigenvalue weighted by atomic mass is 10.3. The average molecular weight is 231 g/mol. The first kappa shape index (κ1) is 9.07. The molecule has 0 radical (unpaired) electrons.